The molecule has 3 rings (SSSR count). The van der Waals surface area contributed by atoms with Gasteiger partial charge in [0.2, 0.25) is 5.91 Å². The monoisotopic (exact) mass is 375 g/mol. The second-order valence-corrected chi connectivity index (χ2v) is 10.8. The van der Waals surface area contributed by atoms with E-state index in [4.69, 9.17) is 0 Å². The van der Waals surface area contributed by atoms with Crippen LogP contribution in [-0.4, -0.2) is 58.8 Å². The fourth-order valence-corrected chi connectivity index (χ4v) is 6.81. The first-order valence-electron chi connectivity index (χ1n) is 7.89. The Morgan fingerprint density at radius 3 is 2.57 bits per heavy atom. The van der Waals surface area contributed by atoms with E-state index in [9.17, 15) is 13.2 Å². The van der Waals surface area contributed by atoms with Gasteiger partial charge in [0.25, 0.3) is 0 Å². The van der Waals surface area contributed by atoms with Crippen LogP contribution in [0.15, 0.2) is 4.34 Å². The lowest BCUT2D eigenvalue weighted by atomic mass is 10.1. The van der Waals surface area contributed by atoms with Gasteiger partial charge in [-0.05, 0) is 26.2 Å². The van der Waals surface area contributed by atoms with Crippen LogP contribution in [0.4, 0.5) is 0 Å². The molecule has 1 saturated carbocycles. The summed E-state index contributed by atoms with van der Waals surface area (Å²) in [6, 6.07) is 0.0601. The molecule has 23 heavy (non-hydrogen) atoms. The summed E-state index contributed by atoms with van der Waals surface area (Å²) in [5.41, 5.74) is 0. The third-order valence-electron chi connectivity index (χ3n) is 4.43. The van der Waals surface area contributed by atoms with Gasteiger partial charge in [-0.1, -0.05) is 35.9 Å². The van der Waals surface area contributed by atoms with Gasteiger partial charge in [-0.2, -0.15) is 0 Å². The van der Waals surface area contributed by atoms with E-state index in [1.54, 1.807) is 0 Å². The Hall–Kier alpha value is -0.670. The quantitative estimate of drug-likeness (QED) is 0.731. The maximum atomic E-state index is 12.8. The number of hydrogen-bond acceptors (Lipinski definition) is 7. The molecule has 0 aromatic carbocycles. The smallest absolute Gasteiger partial charge is 0.233 e. The average molecular weight is 376 g/mol. The molecular formula is C14H21N3O3S3. The van der Waals surface area contributed by atoms with Crippen molar-refractivity contribution in [1.82, 2.24) is 15.1 Å². The largest absolute Gasteiger partial charge is 0.335 e. The van der Waals surface area contributed by atoms with Gasteiger partial charge >= 0.3 is 0 Å². The summed E-state index contributed by atoms with van der Waals surface area (Å²) in [5, 5.41) is 8.87. The van der Waals surface area contributed by atoms with Gasteiger partial charge in [-0.15, -0.1) is 10.2 Å². The fraction of sp³-hybridized carbons (Fsp3) is 0.786. The van der Waals surface area contributed by atoms with Gasteiger partial charge in [0, 0.05) is 12.1 Å². The van der Waals surface area contributed by atoms with E-state index in [-0.39, 0.29) is 29.5 Å². The van der Waals surface area contributed by atoms with Crippen LogP contribution in [0.25, 0.3) is 0 Å². The van der Waals surface area contributed by atoms with Crippen LogP contribution in [0.1, 0.15) is 37.1 Å². The number of sulfone groups is 1. The zero-order chi connectivity index (χ0) is 16.4. The Bertz CT molecular complexity index is 668. The number of amides is 1. The number of thioether (sulfide) groups is 1. The molecule has 0 bridgehead atoms. The topological polar surface area (TPSA) is 80.2 Å². The van der Waals surface area contributed by atoms with Gasteiger partial charge in [0.1, 0.15) is 5.01 Å². The third kappa shape index (κ3) is 4.24. The van der Waals surface area contributed by atoms with E-state index in [0.717, 1.165) is 35.0 Å². The Balaban J connectivity index is 1.68. The molecule has 1 unspecified atom stereocenters. The van der Waals surface area contributed by atoms with Crippen LogP contribution >= 0.6 is 23.1 Å². The van der Waals surface area contributed by atoms with Crippen molar-refractivity contribution in [2.75, 3.05) is 17.3 Å². The van der Waals surface area contributed by atoms with Crippen molar-refractivity contribution in [1.29, 1.82) is 0 Å². The Morgan fingerprint density at radius 1 is 1.26 bits per heavy atom. The molecule has 1 aliphatic heterocycles. The van der Waals surface area contributed by atoms with E-state index in [1.807, 2.05) is 11.8 Å². The normalized spacial score (nSPS) is 24.1. The lowest BCUT2D eigenvalue weighted by Crippen LogP contribution is -2.47. The molecule has 1 amide bonds. The van der Waals surface area contributed by atoms with E-state index in [2.05, 4.69) is 10.2 Å². The van der Waals surface area contributed by atoms with Crippen LogP contribution in [0.3, 0.4) is 0 Å². The predicted molar refractivity (Wildman–Crippen MR) is 91.5 cm³/mol. The SMILES string of the molecule is Cc1nnc(SCC(=O)N(C2CCCC2)C2CCS(=O)(=O)C2)s1. The number of carbonyl (C=O) groups excluding carboxylic acids is 1. The van der Waals surface area contributed by atoms with Gasteiger partial charge in [0.05, 0.1) is 17.3 Å². The zero-order valence-corrected chi connectivity index (χ0v) is 15.6. The summed E-state index contributed by atoms with van der Waals surface area (Å²) < 4.78 is 24.4. The van der Waals surface area contributed by atoms with E-state index in [0.29, 0.717) is 12.2 Å². The second kappa shape index (κ2) is 7.06. The first-order chi connectivity index (χ1) is 10.9. The van der Waals surface area contributed by atoms with E-state index >= 15 is 0 Å². The molecule has 0 spiro atoms. The number of hydrogen-bond donors (Lipinski definition) is 0. The molecule has 2 aliphatic rings. The Labute approximate surface area is 145 Å². The highest BCUT2D eigenvalue weighted by Gasteiger charge is 2.38. The Kier molecular flexibility index (Phi) is 5.27. The molecule has 2 heterocycles. The molecule has 0 N–H and O–H groups in total. The van der Waals surface area contributed by atoms with E-state index < -0.39 is 9.84 Å². The molecule has 1 saturated heterocycles. The molecule has 128 valence electrons. The number of aryl methyl sites for hydroxylation is 1. The molecule has 9 heteroatoms. The minimum atomic E-state index is -2.99. The van der Waals surface area contributed by atoms with Crippen molar-refractivity contribution in [3.8, 4) is 0 Å². The number of rotatable bonds is 5. The molecule has 1 aromatic rings. The molecule has 1 aliphatic carbocycles. The van der Waals surface area contributed by atoms with Crippen LogP contribution in [0.5, 0.6) is 0 Å². The van der Waals surface area contributed by atoms with Crippen molar-refractivity contribution in [2.24, 2.45) is 0 Å². The van der Waals surface area contributed by atoms with Crippen LogP contribution in [-0.2, 0) is 14.6 Å². The first kappa shape index (κ1) is 17.2. The number of aromatic nitrogens is 2. The van der Waals surface area contributed by atoms with Gasteiger partial charge in [0.15, 0.2) is 14.2 Å². The minimum absolute atomic E-state index is 0.0388. The molecular weight excluding hydrogens is 354 g/mol. The summed E-state index contributed by atoms with van der Waals surface area (Å²) >= 11 is 2.88. The van der Waals surface area contributed by atoms with Crippen LogP contribution in [0.2, 0.25) is 0 Å². The highest BCUT2D eigenvalue weighted by atomic mass is 32.2. The standard InChI is InChI=1S/C14H21N3O3S3/c1-10-15-16-14(22-10)21-8-13(18)17(11-4-2-3-5-11)12-6-7-23(19,20)9-12/h11-12H,2-9H2,1H3. The molecule has 1 aromatic heterocycles. The predicted octanol–water partition coefficient (Wildman–Crippen LogP) is 1.90. The second-order valence-electron chi connectivity index (χ2n) is 6.17. The van der Waals surface area contributed by atoms with Gasteiger partial charge in [-0.3, -0.25) is 4.79 Å². The molecule has 6 nitrogen and oxygen atoms in total. The van der Waals surface area contributed by atoms with Gasteiger partial charge in [-0.25, -0.2) is 8.42 Å². The molecule has 2 fully saturated rings. The van der Waals surface area contributed by atoms with Gasteiger partial charge < -0.3 is 4.90 Å². The van der Waals surface area contributed by atoms with Crippen molar-refractivity contribution in [3.05, 3.63) is 5.01 Å². The lowest BCUT2D eigenvalue weighted by molar-refractivity contribution is -0.132. The summed E-state index contributed by atoms with van der Waals surface area (Å²) in [6.45, 7) is 1.89. The molecule has 1 atom stereocenters. The summed E-state index contributed by atoms with van der Waals surface area (Å²) in [6.07, 6.45) is 4.80. The molecule has 0 radical (unpaired) electrons. The maximum absolute atomic E-state index is 12.8. The highest BCUT2D eigenvalue weighted by Crippen LogP contribution is 2.30. The zero-order valence-electron chi connectivity index (χ0n) is 13.1. The lowest BCUT2D eigenvalue weighted by Gasteiger charge is -2.34. The van der Waals surface area contributed by atoms with Crippen LogP contribution < -0.4 is 0 Å². The summed E-state index contributed by atoms with van der Waals surface area (Å²) in [4.78, 5) is 14.7. The Morgan fingerprint density at radius 2 is 2.00 bits per heavy atom. The van der Waals surface area contributed by atoms with Crippen molar-refractivity contribution in [3.63, 3.8) is 0 Å². The van der Waals surface area contributed by atoms with Crippen LogP contribution in [0, 0.1) is 6.92 Å². The maximum Gasteiger partial charge on any atom is 0.233 e. The fourth-order valence-electron chi connectivity index (χ4n) is 3.42. The minimum Gasteiger partial charge on any atom is -0.335 e. The van der Waals surface area contributed by atoms with Crippen molar-refractivity contribution < 1.29 is 13.2 Å². The van der Waals surface area contributed by atoms with Crippen molar-refractivity contribution >= 4 is 38.8 Å². The number of carbonyl (C=O) groups is 1. The average Bonchev–Trinajstić information content (AvgIpc) is 3.20. The third-order valence-corrected chi connectivity index (χ3v) is 8.14. The summed E-state index contributed by atoms with van der Waals surface area (Å²) in [7, 11) is -2.99. The number of nitrogens with zero attached hydrogens (tertiary/aromatic N) is 3. The summed E-state index contributed by atoms with van der Waals surface area (Å²) in [5.74, 6) is 0.674. The van der Waals surface area contributed by atoms with Crippen molar-refractivity contribution in [2.45, 2.75) is 55.5 Å². The highest BCUT2D eigenvalue weighted by molar-refractivity contribution is 8.01. The first-order valence-corrected chi connectivity index (χ1v) is 11.5. The van der Waals surface area contributed by atoms with E-state index in [1.165, 1.54) is 23.1 Å².